The number of amides is 1. The van der Waals surface area contributed by atoms with Crippen LogP contribution in [0.3, 0.4) is 0 Å². The maximum absolute atomic E-state index is 11.8. The lowest BCUT2D eigenvalue weighted by Gasteiger charge is -2.32. The van der Waals surface area contributed by atoms with Crippen molar-refractivity contribution in [3.63, 3.8) is 0 Å². The van der Waals surface area contributed by atoms with Gasteiger partial charge in [-0.05, 0) is 46.5 Å². The Bertz CT molecular complexity index is 377. The number of hydrogen-bond acceptors (Lipinski definition) is 4. The van der Waals surface area contributed by atoms with Crippen molar-refractivity contribution >= 4 is 6.09 Å². The van der Waals surface area contributed by atoms with Crippen LogP contribution in [0.5, 0.6) is 0 Å². The fourth-order valence-electron chi connectivity index (χ4n) is 2.81. The monoisotopic (exact) mass is 326 g/mol. The fourth-order valence-corrected chi connectivity index (χ4v) is 2.81. The van der Waals surface area contributed by atoms with E-state index >= 15 is 0 Å². The molecule has 2 atom stereocenters. The average molecular weight is 326 g/mol. The molecule has 1 fully saturated rings. The molecule has 0 aromatic rings. The van der Waals surface area contributed by atoms with E-state index in [1.165, 1.54) is 12.8 Å². The molecule has 5 heteroatoms. The van der Waals surface area contributed by atoms with Crippen LogP contribution >= 0.6 is 0 Å². The average Bonchev–Trinajstić information content (AvgIpc) is 2.43. The van der Waals surface area contributed by atoms with Crippen LogP contribution in [-0.4, -0.2) is 44.0 Å². The molecule has 0 aromatic carbocycles. The van der Waals surface area contributed by atoms with Gasteiger partial charge in [-0.1, -0.05) is 25.0 Å². The highest BCUT2D eigenvalue weighted by atomic mass is 16.6. The Balaban J connectivity index is 2.28. The maximum Gasteiger partial charge on any atom is 0.407 e. The number of carbonyl (C=O) groups excluding carboxylic acids is 1. The summed E-state index contributed by atoms with van der Waals surface area (Å²) in [5.74, 6) is 0.456. The molecule has 0 aliphatic heterocycles. The molecule has 0 saturated heterocycles. The van der Waals surface area contributed by atoms with Crippen molar-refractivity contribution in [1.82, 2.24) is 10.6 Å². The molecule has 0 radical (unpaired) electrons. The highest BCUT2D eigenvalue weighted by Crippen LogP contribution is 2.24. The Morgan fingerprint density at radius 3 is 2.61 bits per heavy atom. The smallest absolute Gasteiger partial charge is 0.407 e. The van der Waals surface area contributed by atoms with Gasteiger partial charge in [0.1, 0.15) is 5.60 Å². The highest BCUT2D eigenvalue weighted by molar-refractivity contribution is 5.67. The van der Waals surface area contributed by atoms with E-state index < -0.39 is 5.60 Å². The molecule has 5 nitrogen and oxygen atoms in total. The van der Waals surface area contributed by atoms with Crippen molar-refractivity contribution in [3.05, 3.63) is 12.2 Å². The predicted molar refractivity (Wildman–Crippen MR) is 93.6 cm³/mol. The molecule has 0 heterocycles. The molecular formula is C18H34N2O3. The topological polar surface area (TPSA) is 59.6 Å². The molecule has 134 valence electrons. The van der Waals surface area contributed by atoms with Crippen LogP contribution in [-0.2, 0) is 9.47 Å². The van der Waals surface area contributed by atoms with Gasteiger partial charge in [-0.25, -0.2) is 4.79 Å². The maximum atomic E-state index is 11.8. The number of alkyl carbamates (subject to hydrolysis) is 1. The van der Waals surface area contributed by atoms with Gasteiger partial charge in [-0.3, -0.25) is 0 Å². The van der Waals surface area contributed by atoms with Crippen LogP contribution in [0.25, 0.3) is 0 Å². The SMILES string of the molecule is C=C(C)COCCNC1CCCCC1CNC(=O)OC(C)(C)C. The molecule has 2 N–H and O–H groups in total. The number of carbonyl (C=O) groups is 1. The summed E-state index contributed by atoms with van der Waals surface area (Å²) in [5.41, 5.74) is 0.594. The number of ether oxygens (including phenoxy) is 2. The molecule has 0 aromatic heterocycles. The van der Waals surface area contributed by atoms with E-state index in [4.69, 9.17) is 9.47 Å². The Labute approximate surface area is 141 Å². The zero-order valence-electron chi connectivity index (χ0n) is 15.2. The number of rotatable bonds is 8. The van der Waals surface area contributed by atoms with E-state index in [0.717, 1.165) is 25.0 Å². The summed E-state index contributed by atoms with van der Waals surface area (Å²) >= 11 is 0. The molecular weight excluding hydrogens is 292 g/mol. The summed E-state index contributed by atoms with van der Waals surface area (Å²) in [4.78, 5) is 11.8. The van der Waals surface area contributed by atoms with Gasteiger partial charge in [0.2, 0.25) is 0 Å². The van der Waals surface area contributed by atoms with Crippen LogP contribution in [0.1, 0.15) is 53.4 Å². The van der Waals surface area contributed by atoms with E-state index in [9.17, 15) is 4.79 Å². The second kappa shape index (κ2) is 9.93. The second-order valence-electron chi connectivity index (χ2n) is 7.50. The first-order chi connectivity index (χ1) is 10.8. The second-order valence-corrected chi connectivity index (χ2v) is 7.50. The van der Waals surface area contributed by atoms with Crippen molar-refractivity contribution in [3.8, 4) is 0 Å². The molecule has 1 rings (SSSR count). The van der Waals surface area contributed by atoms with Gasteiger partial charge in [-0.15, -0.1) is 0 Å². The third kappa shape index (κ3) is 9.61. The Hall–Kier alpha value is -1.07. The Morgan fingerprint density at radius 1 is 1.26 bits per heavy atom. The summed E-state index contributed by atoms with van der Waals surface area (Å²) in [7, 11) is 0. The molecule has 2 unspecified atom stereocenters. The third-order valence-electron chi connectivity index (χ3n) is 3.82. The predicted octanol–water partition coefficient (Wildman–Crippen LogP) is 3.25. The Kier molecular flexibility index (Phi) is 8.63. The molecule has 1 saturated carbocycles. The lowest BCUT2D eigenvalue weighted by atomic mass is 9.84. The summed E-state index contributed by atoms with van der Waals surface area (Å²) in [6.45, 7) is 14.2. The van der Waals surface area contributed by atoms with Crippen LogP contribution in [0.4, 0.5) is 4.79 Å². The molecule has 1 aliphatic carbocycles. The number of nitrogens with one attached hydrogen (secondary N) is 2. The fraction of sp³-hybridized carbons (Fsp3) is 0.833. The quantitative estimate of drug-likeness (QED) is 0.531. The minimum absolute atomic E-state index is 0.327. The molecule has 0 spiro atoms. The molecule has 0 bridgehead atoms. The Morgan fingerprint density at radius 2 is 1.96 bits per heavy atom. The van der Waals surface area contributed by atoms with E-state index in [-0.39, 0.29) is 6.09 Å². The van der Waals surface area contributed by atoms with E-state index in [2.05, 4.69) is 17.2 Å². The van der Waals surface area contributed by atoms with Gasteiger partial charge < -0.3 is 20.1 Å². The van der Waals surface area contributed by atoms with E-state index in [0.29, 0.717) is 31.7 Å². The first kappa shape index (κ1) is 20.0. The third-order valence-corrected chi connectivity index (χ3v) is 3.82. The summed E-state index contributed by atoms with van der Waals surface area (Å²) in [6, 6.07) is 0.437. The van der Waals surface area contributed by atoms with Crippen LogP contribution in [0.2, 0.25) is 0 Å². The highest BCUT2D eigenvalue weighted by Gasteiger charge is 2.25. The zero-order valence-corrected chi connectivity index (χ0v) is 15.2. The normalized spacial score (nSPS) is 21.7. The van der Waals surface area contributed by atoms with Gasteiger partial charge >= 0.3 is 6.09 Å². The minimum Gasteiger partial charge on any atom is -0.444 e. The first-order valence-electron chi connectivity index (χ1n) is 8.70. The lowest BCUT2D eigenvalue weighted by molar-refractivity contribution is 0.0509. The largest absolute Gasteiger partial charge is 0.444 e. The van der Waals surface area contributed by atoms with Crippen molar-refractivity contribution in [2.75, 3.05) is 26.3 Å². The van der Waals surface area contributed by atoms with E-state index in [1.54, 1.807) is 0 Å². The van der Waals surface area contributed by atoms with Crippen LogP contribution in [0.15, 0.2) is 12.2 Å². The minimum atomic E-state index is -0.449. The number of hydrogen-bond donors (Lipinski definition) is 2. The zero-order chi connectivity index (χ0) is 17.3. The van der Waals surface area contributed by atoms with Gasteiger partial charge in [0, 0.05) is 19.1 Å². The van der Waals surface area contributed by atoms with Crippen molar-refractivity contribution in [1.29, 1.82) is 0 Å². The van der Waals surface area contributed by atoms with Gasteiger partial charge in [0.25, 0.3) is 0 Å². The van der Waals surface area contributed by atoms with Crippen LogP contribution < -0.4 is 10.6 Å². The summed E-state index contributed by atoms with van der Waals surface area (Å²) in [6.07, 6.45) is 4.44. The summed E-state index contributed by atoms with van der Waals surface area (Å²) in [5, 5.41) is 6.48. The molecule has 1 aliphatic rings. The summed E-state index contributed by atoms with van der Waals surface area (Å²) < 4.78 is 10.8. The standard InChI is InChI=1S/C18H34N2O3/c1-14(2)13-22-11-10-19-16-9-7-6-8-15(16)12-20-17(21)23-18(3,4)5/h15-16,19H,1,6-13H2,2-5H3,(H,20,21). The first-order valence-corrected chi connectivity index (χ1v) is 8.70. The lowest BCUT2D eigenvalue weighted by Crippen LogP contribution is -2.45. The molecule has 1 amide bonds. The van der Waals surface area contributed by atoms with Gasteiger partial charge in [-0.2, -0.15) is 0 Å². The molecule has 23 heavy (non-hydrogen) atoms. The van der Waals surface area contributed by atoms with Gasteiger partial charge in [0.15, 0.2) is 0 Å². The van der Waals surface area contributed by atoms with Crippen molar-refractivity contribution < 1.29 is 14.3 Å². The van der Waals surface area contributed by atoms with Crippen LogP contribution in [0, 0.1) is 5.92 Å². The van der Waals surface area contributed by atoms with Gasteiger partial charge in [0.05, 0.1) is 13.2 Å². The van der Waals surface area contributed by atoms with Crippen molar-refractivity contribution in [2.24, 2.45) is 5.92 Å². The van der Waals surface area contributed by atoms with E-state index in [1.807, 2.05) is 27.7 Å². The van der Waals surface area contributed by atoms with Crippen molar-refractivity contribution in [2.45, 2.75) is 65.0 Å².